The van der Waals surface area contributed by atoms with Gasteiger partial charge >= 0.3 is 0 Å². The third kappa shape index (κ3) is 4.22. The molecule has 4 heteroatoms. The highest BCUT2D eigenvalue weighted by Gasteiger charge is 2.13. The Labute approximate surface area is 72.7 Å². The fourth-order valence-corrected chi connectivity index (χ4v) is 0.860. The van der Waals surface area contributed by atoms with Crippen molar-refractivity contribution in [2.75, 3.05) is 27.2 Å². The van der Waals surface area contributed by atoms with Gasteiger partial charge in [-0.25, -0.2) is 0 Å². The van der Waals surface area contributed by atoms with Gasteiger partial charge in [-0.15, -0.1) is 11.6 Å². The molecule has 0 saturated heterocycles. The number of amides is 1. The molecule has 11 heavy (non-hydrogen) atoms. The van der Waals surface area contributed by atoms with Gasteiger partial charge < -0.3 is 10.2 Å². The maximum atomic E-state index is 11.1. The molecule has 0 aromatic heterocycles. The van der Waals surface area contributed by atoms with Gasteiger partial charge in [-0.05, 0) is 14.0 Å². The number of hydrogen-bond donors (Lipinski definition) is 1. The lowest BCUT2D eigenvalue weighted by molar-refractivity contribution is -0.129. The van der Waals surface area contributed by atoms with Crippen LogP contribution in [-0.2, 0) is 4.79 Å². The summed E-state index contributed by atoms with van der Waals surface area (Å²) in [7, 11) is 3.60. The largest absolute Gasteiger partial charge is 0.343 e. The van der Waals surface area contributed by atoms with Crippen molar-refractivity contribution in [1.82, 2.24) is 10.2 Å². The molecule has 0 aliphatic rings. The van der Waals surface area contributed by atoms with Crippen LogP contribution in [0, 0.1) is 0 Å². The first-order chi connectivity index (χ1) is 5.09. The molecule has 0 saturated carbocycles. The number of carbonyl (C=O) groups excluding carboxylic acids is 1. The number of alkyl halides is 1. The molecule has 0 bridgehead atoms. The maximum Gasteiger partial charge on any atom is 0.240 e. The quantitative estimate of drug-likeness (QED) is 0.628. The predicted octanol–water partition coefficient (Wildman–Crippen LogP) is 0.291. The molecule has 0 aliphatic carbocycles. The highest BCUT2D eigenvalue weighted by atomic mass is 35.5. The lowest BCUT2D eigenvalue weighted by Gasteiger charge is -2.17. The van der Waals surface area contributed by atoms with E-state index in [4.69, 9.17) is 11.6 Å². The third-order valence-corrected chi connectivity index (χ3v) is 1.60. The molecule has 0 spiro atoms. The maximum absolute atomic E-state index is 11.1. The molecule has 0 aromatic carbocycles. The SMILES string of the molecule is CNCCN(C)C(=O)C(C)Cl. The van der Waals surface area contributed by atoms with E-state index in [0.717, 1.165) is 6.54 Å². The zero-order valence-corrected chi connectivity index (χ0v) is 7.98. The van der Waals surface area contributed by atoms with Gasteiger partial charge in [0, 0.05) is 20.1 Å². The highest BCUT2D eigenvalue weighted by molar-refractivity contribution is 6.30. The van der Waals surface area contributed by atoms with Crippen LogP contribution in [0.2, 0.25) is 0 Å². The molecule has 3 nitrogen and oxygen atoms in total. The van der Waals surface area contributed by atoms with E-state index in [1.807, 2.05) is 7.05 Å². The Bertz CT molecular complexity index is 128. The number of carbonyl (C=O) groups is 1. The minimum absolute atomic E-state index is 0.0260. The summed E-state index contributed by atoms with van der Waals surface area (Å²) in [6.45, 7) is 3.18. The van der Waals surface area contributed by atoms with Crippen molar-refractivity contribution in [2.45, 2.75) is 12.3 Å². The Balaban J connectivity index is 3.64. The van der Waals surface area contributed by atoms with Crippen molar-refractivity contribution in [3.05, 3.63) is 0 Å². The van der Waals surface area contributed by atoms with E-state index in [1.165, 1.54) is 0 Å². The molecule has 0 heterocycles. The Morgan fingerprint density at radius 1 is 1.73 bits per heavy atom. The molecule has 0 fully saturated rings. The number of likely N-dealkylation sites (N-methyl/N-ethyl adjacent to an activating group) is 2. The van der Waals surface area contributed by atoms with Gasteiger partial charge in [0.2, 0.25) is 5.91 Å². The topological polar surface area (TPSA) is 32.3 Å². The second kappa shape index (κ2) is 5.38. The third-order valence-electron chi connectivity index (χ3n) is 1.41. The summed E-state index contributed by atoms with van der Waals surface area (Å²) in [5, 5.41) is 2.54. The van der Waals surface area contributed by atoms with Gasteiger partial charge in [-0.1, -0.05) is 0 Å². The standard InChI is InChI=1S/C7H15ClN2O/c1-6(8)7(11)10(3)5-4-9-2/h6,9H,4-5H2,1-3H3. The second-order valence-corrected chi connectivity index (χ2v) is 3.13. The molecule has 0 aromatic rings. The second-order valence-electron chi connectivity index (χ2n) is 2.48. The molecule has 0 aliphatic heterocycles. The molecular weight excluding hydrogens is 164 g/mol. The summed E-state index contributed by atoms with van der Waals surface area (Å²) in [6.07, 6.45) is 0. The number of hydrogen-bond acceptors (Lipinski definition) is 2. The van der Waals surface area contributed by atoms with Gasteiger partial charge in [-0.3, -0.25) is 4.79 Å². The molecule has 1 N–H and O–H groups in total. The van der Waals surface area contributed by atoms with E-state index in [2.05, 4.69) is 5.32 Å². The summed E-state index contributed by atoms with van der Waals surface area (Å²) in [4.78, 5) is 12.7. The van der Waals surface area contributed by atoms with Crippen molar-refractivity contribution in [2.24, 2.45) is 0 Å². The van der Waals surface area contributed by atoms with Crippen LogP contribution >= 0.6 is 11.6 Å². The van der Waals surface area contributed by atoms with Gasteiger partial charge in [0.05, 0.1) is 0 Å². The fraction of sp³-hybridized carbons (Fsp3) is 0.857. The van der Waals surface area contributed by atoms with Gasteiger partial charge in [0.1, 0.15) is 5.38 Å². The highest BCUT2D eigenvalue weighted by Crippen LogP contribution is 1.98. The van der Waals surface area contributed by atoms with Crippen molar-refractivity contribution in [3.63, 3.8) is 0 Å². The van der Waals surface area contributed by atoms with Crippen molar-refractivity contribution < 1.29 is 4.79 Å². The Hall–Kier alpha value is -0.280. The average molecular weight is 179 g/mol. The number of nitrogens with one attached hydrogen (secondary N) is 1. The van der Waals surface area contributed by atoms with E-state index >= 15 is 0 Å². The first kappa shape index (κ1) is 10.7. The summed E-state index contributed by atoms with van der Waals surface area (Å²) in [6, 6.07) is 0. The van der Waals surface area contributed by atoms with Crippen LogP contribution in [0.25, 0.3) is 0 Å². The molecule has 1 atom stereocenters. The van der Waals surface area contributed by atoms with E-state index in [1.54, 1.807) is 18.9 Å². The fourth-order valence-electron chi connectivity index (χ4n) is 0.693. The molecule has 0 rings (SSSR count). The van der Waals surface area contributed by atoms with Crippen LogP contribution in [0.15, 0.2) is 0 Å². The Morgan fingerprint density at radius 2 is 2.27 bits per heavy atom. The van der Waals surface area contributed by atoms with Gasteiger partial charge in [-0.2, -0.15) is 0 Å². The molecule has 1 unspecified atom stereocenters. The zero-order chi connectivity index (χ0) is 8.85. The lowest BCUT2D eigenvalue weighted by Crippen LogP contribution is -2.36. The van der Waals surface area contributed by atoms with E-state index < -0.39 is 5.38 Å². The normalized spacial score (nSPS) is 12.7. The van der Waals surface area contributed by atoms with Gasteiger partial charge in [0.15, 0.2) is 0 Å². The minimum Gasteiger partial charge on any atom is -0.343 e. The Morgan fingerprint density at radius 3 is 2.64 bits per heavy atom. The summed E-state index contributed by atoms with van der Waals surface area (Å²) in [5.41, 5.74) is 0. The summed E-state index contributed by atoms with van der Waals surface area (Å²) < 4.78 is 0. The minimum atomic E-state index is -0.420. The van der Waals surface area contributed by atoms with Gasteiger partial charge in [0.25, 0.3) is 0 Å². The van der Waals surface area contributed by atoms with E-state index in [9.17, 15) is 4.79 Å². The average Bonchev–Trinajstić information content (AvgIpc) is 1.98. The first-order valence-electron chi connectivity index (χ1n) is 3.63. The summed E-state index contributed by atoms with van der Waals surface area (Å²) >= 11 is 5.59. The molecular formula is C7H15ClN2O. The van der Waals surface area contributed by atoms with Crippen LogP contribution in [0.5, 0.6) is 0 Å². The smallest absolute Gasteiger partial charge is 0.240 e. The molecule has 1 amide bonds. The van der Waals surface area contributed by atoms with Crippen molar-refractivity contribution in [3.8, 4) is 0 Å². The van der Waals surface area contributed by atoms with Crippen LogP contribution in [-0.4, -0.2) is 43.4 Å². The van der Waals surface area contributed by atoms with E-state index in [0.29, 0.717) is 6.54 Å². The van der Waals surface area contributed by atoms with Crippen LogP contribution < -0.4 is 5.32 Å². The summed E-state index contributed by atoms with van der Waals surface area (Å²) in [5.74, 6) is -0.0260. The number of rotatable bonds is 4. The van der Waals surface area contributed by atoms with Crippen LogP contribution in [0.4, 0.5) is 0 Å². The Kier molecular flexibility index (Phi) is 5.24. The molecule has 0 radical (unpaired) electrons. The van der Waals surface area contributed by atoms with Crippen molar-refractivity contribution in [1.29, 1.82) is 0 Å². The number of nitrogens with zero attached hydrogens (tertiary/aromatic N) is 1. The van der Waals surface area contributed by atoms with E-state index in [-0.39, 0.29) is 5.91 Å². The zero-order valence-electron chi connectivity index (χ0n) is 7.22. The predicted molar refractivity (Wildman–Crippen MR) is 46.9 cm³/mol. The van der Waals surface area contributed by atoms with Crippen molar-refractivity contribution >= 4 is 17.5 Å². The number of halogens is 1. The molecule has 66 valence electrons. The lowest BCUT2D eigenvalue weighted by atomic mass is 10.4. The monoisotopic (exact) mass is 178 g/mol. The van der Waals surface area contributed by atoms with Crippen LogP contribution in [0.1, 0.15) is 6.92 Å². The first-order valence-corrected chi connectivity index (χ1v) is 4.07. The van der Waals surface area contributed by atoms with Crippen LogP contribution in [0.3, 0.4) is 0 Å².